The lowest BCUT2D eigenvalue weighted by atomic mass is 10.1. The minimum Gasteiger partial charge on any atom is -0.479 e. The zero-order valence-corrected chi connectivity index (χ0v) is 11.9. The second kappa shape index (κ2) is 6.62. The predicted octanol–water partition coefficient (Wildman–Crippen LogP) is 3.28. The molecule has 1 aromatic carbocycles. The highest BCUT2D eigenvalue weighted by Gasteiger charge is 2.25. The molecule has 0 radical (unpaired) electrons. The third-order valence-corrected chi connectivity index (χ3v) is 2.29. The van der Waals surface area contributed by atoms with E-state index >= 15 is 0 Å². The quantitative estimate of drug-likeness (QED) is 0.501. The summed E-state index contributed by atoms with van der Waals surface area (Å²) in [5, 5.41) is 14.9. The molecule has 0 aliphatic heterocycles. The highest BCUT2D eigenvalue weighted by Crippen LogP contribution is 2.19. The van der Waals surface area contributed by atoms with Gasteiger partial charge in [-0.1, -0.05) is 29.4 Å². The Balaban J connectivity index is 2.89. The van der Waals surface area contributed by atoms with Gasteiger partial charge in [-0.3, -0.25) is 0 Å². The molecular formula is C13H16N4O4. The van der Waals surface area contributed by atoms with Gasteiger partial charge in [0.1, 0.15) is 5.60 Å². The van der Waals surface area contributed by atoms with Crippen molar-refractivity contribution in [1.82, 2.24) is 5.32 Å². The van der Waals surface area contributed by atoms with Gasteiger partial charge in [0.05, 0.1) is 0 Å². The number of benzene rings is 1. The molecule has 0 spiro atoms. The minimum atomic E-state index is -1.25. The number of rotatable bonds is 4. The molecule has 0 aliphatic carbocycles. The van der Waals surface area contributed by atoms with Gasteiger partial charge in [0.15, 0.2) is 6.04 Å². The average molecular weight is 292 g/mol. The Bertz CT molecular complexity index is 571. The normalized spacial score (nSPS) is 12.0. The van der Waals surface area contributed by atoms with Crippen molar-refractivity contribution in [2.24, 2.45) is 5.11 Å². The molecule has 0 saturated heterocycles. The van der Waals surface area contributed by atoms with Gasteiger partial charge < -0.3 is 15.2 Å². The zero-order chi connectivity index (χ0) is 16.0. The van der Waals surface area contributed by atoms with Gasteiger partial charge in [-0.15, -0.1) is 0 Å². The summed E-state index contributed by atoms with van der Waals surface area (Å²) in [6, 6.07) is 4.59. The molecule has 1 rings (SSSR count). The van der Waals surface area contributed by atoms with Crippen LogP contribution in [0.2, 0.25) is 0 Å². The summed E-state index contributed by atoms with van der Waals surface area (Å²) < 4.78 is 5.02. The highest BCUT2D eigenvalue weighted by molar-refractivity contribution is 5.81. The number of aliphatic carboxylic acids is 1. The first-order valence-corrected chi connectivity index (χ1v) is 6.10. The van der Waals surface area contributed by atoms with E-state index in [0.717, 1.165) is 0 Å². The number of hydrogen-bond donors (Lipinski definition) is 2. The number of alkyl carbamates (subject to hydrolysis) is 1. The minimum absolute atomic E-state index is 0.338. The maximum atomic E-state index is 11.7. The van der Waals surface area contributed by atoms with Crippen molar-refractivity contribution in [3.8, 4) is 0 Å². The largest absolute Gasteiger partial charge is 0.479 e. The first-order valence-electron chi connectivity index (χ1n) is 6.10. The number of carboxylic acid groups (broad SMARTS) is 1. The van der Waals surface area contributed by atoms with Crippen LogP contribution < -0.4 is 5.32 Å². The first-order chi connectivity index (χ1) is 9.73. The van der Waals surface area contributed by atoms with Crippen molar-refractivity contribution < 1.29 is 19.4 Å². The topological polar surface area (TPSA) is 124 Å². The number of amides is 1. The van der Waals surface area contributed by atoms with Crippen LogP contribution in [0, 0.1) is 0 Å². The van der Waals surface area contributed by atoms with Crippen LogP contribution in [0.1, 0.15) is 32.4 Å². The van der Waals surface area contributed by atoms with E-state index in [1.165, 1.54) is 24.3 Å². The maximum absolute atomic E-state index is 11.7. The van der Waals surface area contributed by atoms with E-state index < -0.39 is 23.7 Å². The van der Waals surface area contributed by atoms with Gasteiger partial charge in [-0.05, 0) is 31.9 Å². The number of nitrogens with one attached hydrogen (secondary N) is 1. The number of nitrogens with zero attached hydrogens (tertiary/aromatic N) is 3. The van der Waals surface area contributed by atoms with E-state index in [2.05, 4.69) is 15.3 Å². The SMILES string of the molecule is CC(C)(C)OC(=O)NC(C(=O)O)c1ccc(N=[N+]=[N-])cc1. The van der Waals surface area contributed by atoms with E-state index in [0.29, 0.717) is 11.3 Å². The molecule has 0 heterocycles. The van der Waals surface area contributed by atoms with Crippen molar-refractivity contribution in [1.29, 1.82) is 0 Å². The molecule has 2 N–H and O–H groups in total. The smallest absolute Gasteiger partial charge is 0.408 e. The zero-order valence-electron chi connectivity index (χ0n) is 11.9. The molecule has 0 fully saturated rings. The number of hydrogen-bond acceptors (Lipinski definition) is 4. The summed E-state index contributed by atoms with van der Waals surface area (Å²) in [6.07, 6.45) is -0.825. The Hall–Kier alpha value is -2.73. The molecule has 21 heavy (non-hydrogen) atoms. The van der Waals surface area contributed by atoms with Crippen LogP contribution in [0.5, 0.6) is 0 Å². The van der Waals surface area contributed by atoms with Crippen LogP contribution in [0.3, 0.4) is 0 Å². The lowest BCUT2D eigenvalue weighted by Crippen LogP contribution is -2.38. The van der Waals surface area contributed by atoms with Gasteiger partial charge in [-0.2, -0.15) is 0 Å². The van der Waals surface area contributed by atoms with Gasteiger partial charge in [-0.25, -0.2) is 9.59 Å². The Morgan fingerprint density at radius 1 is 1.33 bits per heavy atom. The molecule has 1 unspecified atom stereocenters. The molecule has 8 nitrogen and oxygen atoms in total. The second-order valence-corrected chi connectivity index (χ2v) is 5.20. The molecule has 1 aromatic rings. The molecule has 1 atom stereocenters. The Kier molecular flexibility index (Phi) is 5.15. The second-order valence-electron chi connectivity index (χ2n) is 5.20. The van der Waals surface area contributed by atoms with Crippen molar-refractivity contribution in [3.63, 3.8) is 0 Å². The van der Waals surface area contributed by atoms with Crippen LogP contribution in [0.4, 0.5) is 10.5 Å². The lowest BCUT2D eigenvalue weighted by Gasteiger charge is -2.22. The van der Waals surface area contributed by atoms with E-state index in [4.69, 9.17) is 10.3 Å². The first kappa shape index (κ1) is 16.3. The third-order valence-electron chi connectivity index (χ3n) is 2.29. The van der Waals surface area contributed by atoms with E-state index in [-0.39, 0.29) is 0 Å². The Labute approximate surface area is 121 Å². The van der Waals surface area contributed by atoms with Gasteiger partial charge in [0.2, 0.25) is 0 Å². The van der Waals surface area contributed by atoms with Crippen LogP contribution in [-0.4, -0.2) is 22.8 Å². The van der Waals surface area contributed by atoms with Crippen molar-refractivity contribution in [2.75, 3.05) is 0 Å². The Morgan fingerprint density at radius 3 is 2.33 bits per heavy atom. The van der Waals surface area contributed by atoms with E-state index in [9.17, 15) is 14.7 Å². The lowest BCUT2D eigenvalue weighted by molar-refractivity contribution is -0.139. The Morgan fingerprint density at radius 2 is 1.90 bits per heavy atom. The number of ether oxygens (including phenoxy) is 1. The molecule has 0 saturated carbocycles. The molecule has 0 bridgehead atoms. The van der Waals surface area contributed by atoms with Crippen LogP contribution in [0.25, 0.3) is 10.4 Å². The van der Waals surface area contributed by atoms with Crippen LogP contribution >= 0.6 is 0 Å². The van der Waals surface area contributed by atoms with Gasteiger partial charge in [0.25, 0.3) is 0 Å². The van der Waals surface area contributed by atoms with Gasteiger partial charge >= 0.3 is 12.1 Å². The highest BCUT2D eigenvalue weighted by atomic mass is 16.6. The molecule has 1 amide bonds. The van der Waals surface area contributed by atoms with Crippen LogP contribution in [0.15, 0.2) is 29.4 Å². The molecule has 0 aromatic heterocycles. The fraction of sp³-hybridized carbons (Fsp3) is 0.385. The monoisotopic (exact) mass is 292 g/mol. The summed E-state index contributed by atoms with van der Waals surface area (Å²) in [5.41, 5.74) is 8.27. The van der Waals surface area contributed by atoms with Crippen molar-refractivity contribution >= 4 is 17.7 Å². The number of carboxylic acids is 1. The maximum Gasteiger partial charge on any atom is 0.408 e. The van der Waals surface area contributed by atoms with Crippen LogP contribution in [-0.2, 0) is 9.53 Å². The fourth-order valence-electron chi connectivity index (χ4n) is 1.50. The predicted molar refractivity (Wildman–Crippen MR) is 75.0 cm³/mol. The summed E-state index contributed by atoms with van der Waals surface area (Å²) >= 11 is 0. The summed E-state index contributed by atoms with van der Waals surface area (Å²) in [7, 11) is 0. The van der Waals surface area contributed by atoms with Crippen molar-refractivity contribution in [2.45, 2.75) is 32.4 Å². The summed E-state index contributed by atoms with van der Waals surface area (Å²) in [5.74, 6) is -1.22. The summed E-state index contributed by atoms with van der Waals surface area (Å²) in [6.45, 7) is 5.03. The van der Waals surface area contributed by atoms with E-state index in [1.54, 1.807) is 20.8 Å². The standard InChI is InChI=1S/C13H16N4O4/c1-13(2,3)21-12(20)15-10(11(18)19)8-4-6-9(7-5-8)16-17-14/h4-7,10H,1-3H3,(H,15,20)(H,18,19). The average Bonchev–Trinajstić information content (AvgIpc) is 2.35. The van der Waals surface area contributed by atoms with E-state index in [1.807, 2.05) is 0 Å². The molecule has 8 heteroatoms. The molecule has 0 aliphatic rings. The van der Waals surface area contributed by atoms with Crippen molar-refractivity contribution in [3.05, 3.63) is 40.3 Å². The fourth-order valence-corrected chi connectivity index (χ4v) is 1.50. The number of carbonyl (C=O) groups is 2. The molecular weight excluding hydrogens is 276 g/mol. The molecule has 112 valence electrons. The summed E-state index contributed by atoms with van der Waals surface area (Å²) in [4.78, 5) is 25.5. The number of carbonyl (C=O) groups excluding carboxylic acids is 1. The third kappa shape index (κ3) is 5.42. The van der Waals surface area contributed by atoms with Gasteiger partial charge in [0, 0.05) is 10.6 Å². The number of azide groups is 1.